The van der Waals surface area contributed by atoms with Crippen LogP contribution >= 0.6 is 15.9 Å². The van der Waals surface area contributed by atoms with E-state index in [9.17, 15) is 0 Å². The molecule has 2 rings (SSSR count). The molecule has 1 aliphatic heterocycles. The smallest absolute Gasteiger partial charge is 0.0375 e. The van der Waals surface area contributed by atoms with Crippen molar-refractivity contribution in [3.8, 4) is 0 Å². The van der Waals surface area contributed by atoms with Crippen molar-refractivity contribution in [3.05, 3.63) is 28.2 Å². The van der Waals surface area contributed by atoms with E-state index in [-0.39, 0.29) is 0 Å². The molecule has 1 N–H and O–H groups in total. The Morgan fingerprint density at radius 3 is 2.93 bits per heavy atom. The molecule has 0 amide bonds. The lowest BCUT2D eigenvalue weighted by Gasteiger charge is -2.29. The van der Waals surface area contributed by atoms with Crippen LogP contribution < -0.4 is 5.32 Å². The van der Waals surface area contributed by atoms with Crippen LogP contribution in [-0.4, -0.2) is 6.04 Å². The fourth-order valence-electron chi connectivity index (χ4n) is 1.99. The molecule has 1 aromatic carbocycles. The Balaban J connectivity index is 2.23. The van der Waals surface area contributed by atoms with Gasteiger partial charge in [-0.25, -0.2) is 0 Å². The summed E-state index contributed by atoms with van der Waals surface area (Å²) in [6.45, 7) is 4.56. The predicted molar refractivity (Wildman–Crippen MR) is 64.7 cm³/mol. The molecular formula is C12H16BrN. The van der Waals surface area contributed by atoms with Gasteiger partial charge in [-0.1, -0.05) is 29.8 Å². The number of nitrogens with one attached hydrogen (secondary N) is 1. The highest BCUT2D eigenvalue weighted by atomic mass is 79.9. The van der Waals surface area contributed by atoms with Gasteiger partial charge in [0, 0.05) is 16.2 Å². The highest BCUT2D eigenvalue weighted by molar-refractivity contribution is 9.10. The van der Waals surface area contributed by atoms with Crippen LogP contribution in [0.25, 0.3) is 0 Å². The standard InChI is InChI=1S/C12H16BrN/c1-8(2)11-5-3-9-7-10(13)4-6-12(9)14-11/h4,6-8,11,14H,3,5H2,1-2H3. The second kappa shape index (κ2) is 3.93. The summed E-state index contributed by atoms with van der Waals surface area (Å²) in [5.41, 5.74) is 2.76. The molecule has 0 fully saturated rings. The van der Waals surface area contributed by atoms with Crippen molar-refractivity contribution in [3.63, 3.8) is 0 Å². The monoisotopic (exact) mass is 253 g/mol. The second-order valence-corrected chi connectivity index (χ2v) is 5.25. The third-order valence-corrected chi connectivity index (χ3v) is 3.43. The first-order valence-electron chi connectivity index (χ1n) is 5.22. The molecule has 1 nitrogen and oxygen atoms in total. The van der Waals surface area contributed by atoms with Crippen LogP contribution in [0.2, 0.25) is 0 Å². The average Bonchev–Trinajstić information content (AvgIpc) is 2.16. The van der Waals surface area contributed by atoms with Gasteiger partial charge in [-0.05, 0) is 42.5 Å². The molecule has 1 aromatic rings. The molecule has 1 aliphatic rings. The van der Waals surface area contributed by atoms with Crippen molar-refractivity contribution in [2.45, 2.75) is 32.7 Å². The molecule has 0 aliphatic carbocycles. The fraction of sp³-hybridized carbons (Fsp3) is 0.500. The summed E-state index contributed by atoms with van der Waals surface area (Å²) >= 11 is 3.51. The largest absolute Gasteiger partial charge is 0.382 e. The van der Waals surface area contributed by atoms with E-state index in [2.05, 4.69) is 53.3 Å². The zero-order chi connectivity index (χ0) is 10.1. The van der Waals surface area contributed by atoms with Gasteiger partial charge in [-0.15, -0.1) is 0 Å². The maximum absolute atomic E-state index is 3.60. The molecule has 76 valence electrons. The Hall–Kier alpha value is -0.500. The van der Waals surface area contributed by atoms with Crippen molar-refractivity contribution < 1.29 is 0 Å². The third kappa shape index (κ3) is 1.95. The summed E-state index contributed by atoms with van der Waals surface area (Å²) in [6.07, 6.45) is 2.45. The molecule has 0 aromatic heterocycles. The number of benzene rings is 1. The van der Waals surface area contributed by atoms with Crippen LogP contribution in [0.5, 0.6) is 0 Å². The molecule has 0 saturated heterocycles. The quantitative estimate of drug-likeness (QED) is 0.803. The summed E-state index contributed by atoms with van der Waals surface area (Å²) in [5.74, 6) is 0.715. The topological polar surface area (TPSA) is 12.0 Å². The fourth-order valence-corrected chi connectivity index (χ4v) is 2.40. The minimum Gasteiger partial charge on any atom is -0.382 e. The molecular weight excluding hydrogens is 238 g/mol. The molecule has 0 bridgehead atoms. The summed E-state index contributed by atoms with van der Waals surface area (Å²) in [7, 11) is 0. The molecule has 14 heavy (non-hydrogen) atoms. The van der Waals surface area contributed by atoms with Crippen LogP contribution in [0.1, 0.15) is 25.8 Å². The normalized spacial score (nSPS) is 20.4. The summed E-state index contributed by atoms with van der Waals surface area (Å²) < 4.78 is 1.18. The number of halogens is 1. The number of fused-ring (bicyclic) bond motifs is 1. The molecule has 0 spiro atoms. The molecule has 0 saturated carbocycles. The van der Waals surface area contributed by atoms with Crippen molar-refractivity contribution in [2.75, 3.05) is 5.32 Å². The first-order chi connectivity index (χ1) is 6.66. The van der Waals surface area contributed by atoms with E-state index in [4.69, 9.17) is 0 Å². The van der Waals surface area contributed by atoms with E-state index >= 15 is 0 Å². The first kappa shape index (κ1) is 10.0. The Labute approximate surface area is 94.0 Å². The molecule has 1 atom stereocenters. The number of hydrogen-bond donors (Lipinski definition) is 1. The maximum Gasteiger partial charge on any atom is 0.0375 e. The van der Waals surface area contributed by atoms with Gasteiger partial charge in [0.15, 0.2) is 0 Å². The van der Waals surface area contributed by atoms with Gasteiger partial charge in [-0.3, -0.25) is 0 Å². The number of aryl methyl sites for hydroxylation is 1. The van der Waals surface area contributed by atoms with Crippen molar-refractivity contribution in [1.29, 1.82) is 0 Å². The lowest BCUT2D eigenvalue weighted by Crippen LogP contribution is -2.30. The zero-order valence-corrected chi connectivity index (χ0v) is 10.3. The molecule has 0 radical (unpaired) electrons. The number of hydrogen-bond acceptors (Lipinski definition) is 1. The van der Waals surface area contributed by atoms with Gasteiger partial charge in [0.1, 0.15) is 0 Å². The first-order valence-corrected chi connectivity index (χ1v) is 6.01. The Bertz CT molecular complexity index is 333. The van der Waals surface area contributed by atoms with Crippen molar-refractivity contribution >= 4 is 21.6 Å². The van der Waals surface area contributed by atoms with Crippen LogP contribution in [0.15, 0.2) is 22.7 Å². The Kier molecular flexibility index (Phi) is 2.82. The van der Waals surface area contributed by atoms with E-state index in [1.807, 2.05) is 0 Å². The molecule has 1 heterocycles. The maximum atomic E-state index is 3.60. The van der Waals surface area contributed by atoms with E-state index < -0.39 is 0 Å². The van der Waals surface area contributed by atoms with Crippen LogP contribution in [-0.2, 0) is 6.42 Å². The summed E-state index contributed by atoms with van der Waals surface area (Å²) in [5, 5.41) is 3.60. The van der Waals surface area contributed by atoms with Gasteiger partial charge < -0.3 is 5.32 Å². The summed E-state index contributed by atoms with van der Waals surface area (Å²) in [6, 6.07) is 7.14. The second-order valence-electron chi connectivity index (χ2n) is 4.33. The van der Waals surface area contributed by atoms with Gasteiger partial charge in [0.25, 0.3) is 0 Å². The van der Waals surface area contributed by atoms with Crippen molar-refractivity contribution in [1.82, 2.24) is 0 Å². The van der Waals surface area contributed by atoms with E-state index in [1.165, 1.54) is 28.6 Å². The highest BCUT2D eigenvalue weighted by Gasteiger charge is 2.19. The number of anilines is 1. The van der Waals surface area contributed by atoms with Crippen molar-refractivity contribution in [2.24, 2.45) is 5.92 Å². The zero-order valence-electron chi connectivity index (χ0n) is 8.68. The van der Waals surface area contributed by atoms with E-state index in [1.54, 1.807) is 0 Å². The van der Waals surface area contributed by atoms with Gasteiger partial charge in [-0.2, -0.15) is 0 Å². The van der Waals surface area contributed by atoms with E-state index in [0.29, 0.717) is 12.0 Å². The third-order valence-electron chi connectivity index (χ3n) is 2.94. The van der Waals surface area contributed by atoms with Gasteiger partial charge in [0.2, 0.25) is 0 Å². The average molecular weight is 254 g/mol. The van der Waals surface area contributed by atoms with E-state index in [0.717, 1.165) is 0 Å². The lowest BCUT2D eigenvalue weighted by atomic mass is 9.92. The van der Waals surface area contributed by atoms with Crippen LogP contribution in [0.3, 0.4) is 0 Å². The minimum atomic E-state index is 0.642. The van der Waals surface area contributed by atoms with Gasteiger partial charge >= 0.3 is 0 Å². The highest BCUT2D eigenvalue weighted by Crippen LogP contribution is 2.29. The molecule has 1 unspecified atom stereocenters. The molecule has 2 heteroatoms. The Morgan fingerprint density at radius 2 is 2.21 bits per heavy atom. The predicted octanol–water partition coefficient (Wildman–Crippen LogP) is 3.83. The van der Waals surface area contributed by atoms with Crippen LogP contribution in [0.4, 0.5) is 5.69 Å². The number of rotatable bonds is 1. The minimum absolute atomic E-state index is 0.642. The van der Waals surface area contributed by atoms with Crippen LogP contribution in [0, 0.1) is 5.92 Å². The lowest BCUT2D eigenvalue weighted by molar-refractivity contribution is 0.483. The SMILES string of the molecule is CC(C)C1CCc2cc(Br)ccc2N1. The van der Waals surface area contributed by atoms with Gasteiger partial charge in [0.05, 0.1) is 0 Å². The summed E-state index contributed by atoms with van der Waals surface area (Å²) in [4.78, 5) is 0. The Morgan fingerprint density at radius 1 is 1.43 bits per heavy atom.